The molecule has 0 spiro atoms. The maximum Gasteiger partial charge on any atom is 0.433 e. The number of halogens is 3. The molecule has 0 amide bonds. The van der Waals surface area contributed by atoms with E-state index in [9.17, 15) is 13.2 Å². The lowest BCUT2D eigenvalue weighted by molar-refractivity contribution is -0.0921. The minimum atomic E-state index is -4.60. The highest BCUT2D eigenvalue weighted by Gasteiger charge is 2.33. The first kappa shape index (κ1) is 19.8. The van der Waals surface area contributed by atoms with E-state index in [-0.39, 0.29) is 5.71 Å². The Morgan fingerprint density at radius 3 is 2.42 bits per heavy atom. The van der Waals surface area contributed by atoms with E-state index in [4.69, 9.17) is 4.74 Å². The first-order valence-corrected chi connectivity index (χ1v) is 8.96. The Morgan fingerprint density at radius 2 is 1.81 bits per heavy atom. The summed E-state index contributed by atoms with van der Waals surface area (Å²) in [5.74, 6) is 1.45. The number of benzene rings is 2. The third-order valence-corrected chi connectivity index (χ3v) is 3.59. The van der Waals surface area contributed by atoms with Gasteiger partial charge in [0.2, 0.25) is 0 Å². The van der Waals surface area contributed by atoms with Crippen LogP contribution in [-0.2, 0) is 0 Å². The van der Waals surface area contributed by atoms with Crippen LogP contribution in [0.4, 0.5) is 13.2 Å². The van der Waals surface area contributed by atoms with Crippen molar-refractivity contribution >= 4 is 24.2 Å². The molecule has 0 atom stereocenters. The largest absolute Gasteiger partial charge is 0.457 e. The van der Waals surface area contributed by atoms with E-state index in [1.807, 2.05) is 24.5 Å². The van der Waals surface area contributed by atoms with Gasteiger partial charge in [-0.1, -0.05) is 30.3 Å². The average molecular weight is 378 g/mol. The molecule has 7 heteroatoms. The first-order valence-electron chi connectivity index (χ1n) is 7.56. The number of hydrogen-bond donors (Lipinski definition) is 0. The van der Waals surface area contributed by atoms with Crippen molar-refractivity contribution in [2.75, 3.05) is 12.1 Å². The molecule has 0 unspecified atom stereocenters. The summed E-state index contributed by atoms with van der Waals surface area (Å²) in [4.78, 5) is 7.31. The second-order valence-corrected chi connectivity index (χ2v) is 5.93. The molecule has 2 rings (SSSR count). The molecule has 136 valence electrons. The van der Waals surface area contributed by atoms with Gasteiger partial charge < -0.3 is 4.74 Å². The SMILES string of the molecule is C=N/C(=C\C(=N/CSC)c1cccc(Oc2ccccc2)c1)C(F)(F)F. The first-order chi connectivity index (χ1) is 12.4. The van der Waals surface area contributed by atoms with Crippen molar-refractivity contribution in [1.82, 2.24) is 0 Å². The van der Waals surface area contributed by atoms with Gasteiger partial charge in [-0.15, -0.1) is 11.8 Å². The van der Waals surface area contributed by atoms with Gasteiger partial charge in [0, 0.05) is 5.56 Å². The van der Waals surface area contributed by atoms with Gasteiger partial charge in [0.05, 0.1) is 11.6 Å². The molecule has 0 saturated carbocycles. The predicted molar refractivity (Wildman–Crippen MR) is 102 cm³/mol. The molecule has 0 radical (unpaired) electrons. The minimum Gasteiger partial charge on any atom is -0.457 e. The Kier molecular flexibility index (Phi) is 7.03. The summed E-state index contributed by atoms with van der Waals surface area (Å²) in [7, 11) is 0. The molecule has 2 aromatic rings. The second kappa shape index (κ2) is 9.24. The summed E-state index contributed by atoms with van der Waals surface area (Å²) in [5, 5.41) is 0. The number of rotatable bonds is 7. The average Bonchev–Trinajstić information content (AvgIpc) is 2.62. The number of allylic oxidation sites excluding steroid dienone is 2. The summed E-state index contributed by atoms with van der Waals surface area (Å²) in [6, 6.07) is 15.8. The van der Waals surface area contributed by atoms with Crippen LogP contribution in [-0.4, -0.2) is 30.7 Å². The molecule has 0 fully saturated rings. The minimum absolute atomic E-state index is 0.164. The van der Waals surface area contributed by atoms with Gasteiger partial charge in [-0.25, -0.2) is 0 Å². The summed E-state index contributed by atoms with van der Waals surface area (Å²) in [5.41, 5.74) is -0.429. The molecule has 0 heterocycles. The number of aliphatic imine (C=N–C) groups is 2. The Morgan fingerprint density at radius 1 is 1.12 bits per heavy atom. The van der Waals surface area contributed by atoms with Crippen molar-refractivity contribution in [3.05, 3.63) is 71.9 Å². The van der Waals surface area contributed by atoms with Gasteiger partial charge >= 0.3 is 6.18 Å². The zero-order valence-electron chi connectivity index (χ0n) is 14.0. The van der Waals surface area contributed by atoms with E-state index in [0.717, 1.165) is 6.08 Å². The van der Waals surface area contributed by atoms with E-state index < -0.39 is 11.9 Å². The van der Waals surface area contributed by atoms with Gasteiger partial charge in [-0.3, -0.25) is 9.98 Å². The Balaban J connectivity index is 2.38. The molecule has 3 nitrogen and oxygen atoms in total. The number of alkyl halides is 3. The van der Waals surface area contributed by atoms with Crippen LogP contribution in [0.3, 0.4) is 0 Å². The third kappa shape index (κ3) is 5.77. The van der Waals surface area contributed by atoms with Crippen LogP contribution in [0.15, 0.2) is 76.4 Å². The lowest BCUT2D eigenvalue weighted by Gasteiger charge is -2.10. The molecule has 0 bridgehead atoms. The number of hydrogen-bond acceptors (Lipinski definition) is 4. The topological polar surface area (TPSA) is 34.0 Å². The molecule has 0 N–H and O–H groups in total. The number of ether oxygens (including phenoxy) is 1. The molecule has 2 aromatic carbocycles. The number of thioether (sulfide) groups is 1. The van der Waals surface area contributed by atoms with Crippen LogP contribution in [0, 0.1) is 0 Å². The van der Waals surface area contributed by atoms with Crippen molar-refractivity contribution in [1.29, 1.82) is 0 Å². The molecule has 0 aliphatic heterocycles. The summed E-state index contributed by atoms with van der Waals surface area (Å²) in [6.07, 6.45) is -1.89. The highest BCUT2D eigenvalue weighted by atomic mass is 32.2. The van der Waals surface area contributed by atoms with Crippen LogP contribution in [0.25, 0.3) is 0 Å². The lowest BCUT2D eigenvalue weighted by Crippen LogP contribution is -2.12. The van der Waals surface area contributed by atoms with Crippen molar-refractivity contribution in [2.45, 2.75) is 6.18 Å². The smallest absolute Gasteiger partial charge is 0.433 e. The highest BCUT2D eigenvalue weighted by molar-refractivity contribution is 7.98. The Hall–Kier alpha value is -2.54. The van der Waals surface area contributed by atoms with Crippen LogP contribution < -0.4 is 4.74 Å². The predicted octanol–water partition coefficient (Wildman–Crippen LogP) is 5.74. The van der Waals surface area contributed by atoms with Crippen LogP contribution >= 0.6 is 11.8 Å². The maximum absolute atomic E-state index is 13.0. The molecule has 0 saturated heterocycles. The van der Waals surface area contributed by atoms with E-state index in [2.05, 4.69) is 16.7 Å². The van der Waals surface area contributed by atoms with Gasteiger partial charge in [0.15, 0.2) is 0 Å². The summed E-state index contributed by atoms with van der Waals surface area (Å²) >= 11 is 1.40. The standard InChI is InChI=1S/C19H17F3N2OS/c1-23-18(19(20,21)22)12-17(24-13-26-2)14-7-6-10-16(11-14)25-15-8-4-3-5-9-15/h3-12H,1,13H2,2H3/b18-12-,24-17+. The normalized spacial score (nSPS) is 12.8. The number of para-hydroxylation sites is 1. The number of nitrogens with zero attached hydrogens (tertiary/aromatic N) is 2. The zero-order chi connectivity index (χ0) is 19.0. The molecular formula is C19H17F3N2OS. The Labute approximate surface area is 154 Å². The van der Waals surface area contributed by atoms with Crippen molar-refractivity contribution < 1.29 is 17.9 Å². The van der Waals surface area contributed by atoms with Gasteiger partial charge in [-0.05, 0) is 43.3 Å². The van der Waals surface area contributed by atoms with E-state index in [0.29, 0.717) is 22.9 Å². The molecule has 26 heavy (non-hydrogen) atoms. The van der Waals surface area contributed by atoms with Crippen LogP contribution in [0.2, 0.25) is 0 Å². The highest BCUT2D eigenvalue weighted by Crippen LogP contribution is 2.28. The Bertz CT molecular complexity index is 802. The van der Waals surface area contributed by atoms with E-state index in [1.54, 1.807) is 36.4 Å². The maximum atomic E-state index is 13.0. The molecule has 0 aliphatic rings. The van der Waals surface area contributed by atoms with Gasteiger partial charge in [0.1, 0.15) is 17.2 Å². The third-order valence-electron chi connectivity index (χ3n) is 3.21. The van der Waals surface area contributed by atoms with Crippen molar-refractivity contribution in [3.63, 3.8) is 0 Å². The van der Waals surface area contributed by atoms with Crippen LogP contribution in [0.5, 0.6) is 11.5 Å². The van der Waals surface area contributed by atoms with E-state index >= 15 is 0 Å². The fourth-order valence-electron chi connectivity index (χ4n) is 2.04. The lowest BCUT2D eigenvalue weighted by atomic mass is 10.1. The quantitative estimate of drug-likeness (QED) is 0.576. The van der Waals surface area contributed by atoms with E-state index in [1.165, 1.54) is 11.8 Å². The summed E-state index contributed by atoms with van der Waals surface area (Å²) < 4.78 is 44.7. The monoisotopic (exact) mass is 378 g/mol. The molecule has 0 aliphatic carbocycles. The second-order valence-electron chi connectivity index (χ2n) is 5.09. The zero-order valence-corrected chi connectivity index (χ0v) is 14.8. The fraction of sp³-hybridized carbons (Fsp3) is 0.158. The van der Waals surface area contributed by atoms with Gasteiger partial charge in [0.25, 0.3) is 0 Å². The molecular weight excluding hydrogens is 361 g/mol. The van der Waals surface area contributed by atoms with Crippen molar-refractivity contribution in [3.8, 4) is 11.5 Å². The van der Waals surface area contributed by atoms with Gasteiger partial charge in [-0.2, -0.15) is 13.2 Å². The molecule has 0 aromatic heterocycles. The fourth-order valence-corrected chi connectivity index (χ4v) is 2.31. The van der Waals surface area contributed by atoms with Crippen molar-refractivity contribution in [2.24, 2.45) is 9.98 Å². The van der Waals surface area contributed by atoms with Crippen LogP contribution in [0.1, 0.15) is 5.56 Å². The summed E-state index contributed by atoms with van der Waals surface area (Å²) in [6.45, 7) is 3.00.